The Morgan fingerprint density at radius 1 is 0.760 bits per heavy atom. The first kappa shape index (κ1) is 23.1. The predicted molar refractivity (Wildman–Crippen MR) is 111 cm³/mol. The SMILES string of the molecule is C.CN(C)CCCN=C(N)c1ccc(C(N)=NCCCN(C)C)cc1. The van der Waals surface area contributed by atoms with Gasteiger partial charge in [0.05, 0.1) is 0 Å². The molecular formula is C19H36N6. The summed E-state index contributed by atoms with van der Waals surface area (Å²) < 4.78 is 0. The Morgan fingerprint density at radius 2 is 1.08 bits per heavy atom. The summed E-state index contributed by atoms with van der Waals surface area (Å²) in [6, 6.07) is 7.79. The van der Waals surface area contributed by atoms with Crippen LogP contribution in [0.3, 0.4) is 0 Å². The average Bonchev–Trinajstić information content (AvgIpc) is 2.55. The number of nitrogens with two attached hydrogens (primary N) is 2. The van der Waals surface area contributed by atoms with Crippen LogP contribution in [0.5, 0.6) is 0 Å². The van der Waals surface area contributed by atoms with Crippen LogP contribution in [-0.2, 0) is 0 Å². The molecule has 0 unspecified atom stereocenters. The highest BCUT2D eigenvalue weighted by Crippen LogP contribution is 2.05. The number of hydrogen-bond acceptors (Lipinski definition) is 4. The minimum absolute atomic E-state index is 0. The molecule has 0 spiro atoms. The van der Waals surface area contributed by atoms with Crippen LogP contribution in [0.15, 0.2) is 34.3 Å². The van der Waals surface area contributed by atoms with E-state index in [4.69, 9.17) is 11.5 Å². The zero-order chi connectivity index (χ0) is 17.9. The maximum absolute atomic E-state index is 6.03. The van der Waals surface area contributed by atoms with Gasteiger partial charge in [0.2, 0.25) is 0 Å². The maximum Gasteiger partial charge on any atom is 0.125 e. The molecule has 0 saturated carbocycles. The largest absolute Gasteiger partial charge is 0.384 e. The summed E-state index contributed by atoms with van der Waals surface area (Å²) >= 11 is 0. The summed E-state index contributed by atoms with van der Waals surface area (Å²) in [6.45, 7) is 3.50. The van der Waals surface area contributed by atoms with Crippen molar-refractivity contribution >= 4 is 11.7 Å². The van der Waals surface area contributed by atoms with Crippen LogP contribution < -0.4 is 11.5 Å². The summed E-state index contributed by atoms with van der Waals surface area (Å²) in [5.74, 6) is 1.14. The van der Waals surface area contributed by atoms with Crippen molar-refractivity contribution in [2.75, 3.05) is 54.4 Å². The zero-order valence-corrected chi connectivity index (χ0v) is 15.5. The first-order valence-corrected chi connectivity index (χ1v) is 8.40. The van der Waals surface area contributed by atoms with Gasteiger partial charge < -0.3 is 21.3 Å². The van der Waals surface area contributed by atoms with Crippen molar-refractivity contribution in [3.8, 4) is 0 Å². The minimum Gasteiger partial charge on any atom is -0.384 e. The normalized spacial score (nSPS) is 12.6. The molecule has 0 aromatic heterocycles. The molecule has 0 aliphatic carbocycles. The Bertz CT molecular complexity index is 482. The first-order chi connectivity index (χ1) is 11.4. The predicted octanol–water partition coefficient (Wildman–Crippen LogP) is 1.64. The lowest BCUT2D eigenvalue weighted by molar-refractivity contribution is 0.403. The van der Waals surface area contributed by atoms with Gasteiger partial charge in [0.15, 0.2) is 0 Å². The topological polar surface area (TPSA) is 83.2 Å². The van der Waals surface area contributed by atoms with E-state index in [1.807, 2.05) is 24.3 Å². The Labute approximate surface area is 153 Å². The Hall–Kier alpha value is -1.92. The van der Waals surface area contributed by atoms with Crippen LogP contribution >= 0.6 is 0 Å². The Morgan fingerprint density at radius 3 is 1.36 bits per heavy atom. The fourth-order valence-corrected chi connectivity index (χ4v) is 2.17. The molecule has 0 heterocycles. The van der Waals surface area contributed by atoms with Gasteiger partial charge in [-0.3, -0.25) is 9.98 Å². The van der Waals surface area contributed by atoms with Crippen LogP contribution in [0.25, 0.3) is 0 Å². The molecule has 4 N–H and O–H groups in total. The fraction of sp³-hybridized carbons (Fsp3) is 0.579. The number of nitrogens with zero attached hydrogens (tertiary/aromatic N) is 4. The highest BCUT2D eigenvalue weighted by atomic mass is 15.1. The molecule has 6 heteroatoms. The molecule has 142 valence electrons. The maximum atomic E-state index is 6.03. The number of rotatable bonds is 10. The van der Waals surface area contributed by atoms with Gasteiger partial charge in [-0.1, -0.05) is 31.7 Å². The Balaban J connectivity index is 0.00000576. The van der Waals surface area contributed by atoms with E-state index in [2.05, 4.69) is 48.0 Å². The third kappa shape index (κ3) is 9.84. The fourth-order valence-electron chi connectivity index (χ4n) is 2.17. The van der Waals surface area contributed by atoms with Gasteiger partial charge in [-0.25, -0.2) is 0 Å². The molecule has 0 aliphatic rings. The minimum atomic E-state index is 0. The second-order valence-corrected chi connectivity index (χ2v) is 6.42. The van der Waals surface area contributed by atoms with Crippen molar-refractivity contribution in [2.45, 2.75) is 20.3 Å². The average molecular weight is 349 g/mol. The van der Waals surface area contributed by atoms with E-state index < -0.39 is 0 Å². The lowest BCUT2D eigenvalue weighted by Crippen LogP contribution is -2.18. The van der Waals surface area contributed by atoms with E-state index in [0.29, 0.717) is 11.7 Å². The van der Waals surface area contributed by atoms with E-state index >= 15 is 0 Å². The van der Waals surface area contributed by atoms with Crippen LogP contribution in [0.4, 0.5) is 0 Å². The monoisotopic (exact) mass is 348 g/mol. The number of amidine groups is 2. The van der Waals surface area contributed by atoms with Crippen molar-refractivity contribution in [1.82, 2.24) is 9.80 Å². The second kappa shape index (κ2) is 12.4. The number of hydrogen-bond donors (Lipinski definition) is 2. The van der Waals surface area contributed by atoms with Crippen LogP contribution in [0.2, 0.25) is 0 Å². The zero-order valence-electron chi connectivity index (χ0n) is 15.5. The third-order valence-corrected chi connectivity index (χ3v) is 3.57. The molecule has 25 heavy (non-hydrogen) atoms. The van der Waals surface area contributed by atoms with Gasteiger partial charge in [0.25, 0.3) is 0 Å². The summed E-state index contributed by atoms with van der Waals surface area (Å²) in [4.78, 5) is 13.1. The first-order valence-electron chi connectivity index (χ1n) is 8.40. The van der Waals surface area contributed by atoms with Gasteiger partial charge >= 0.3 is 0 Å². The summed E-state index contributed by atoms with van der Waals surface area (Å²) in [6.07, 6.45) is 2.00. The molecular weight excluding hydrogens is 312 g/mol. The van der Waals surface area contributed by atoms with Crippen LogP contribution in [0, 0.1) is 0 Å². The second-order valence-electron chi connectivity index (χ2n) is 6.42. The summed E-state index contributed by atoms with van der Waals surface area (Å²) in [5, 5.41) is 0. The van der Waals surface area contributed by atoms with Crippen molar-refractivity contribution in [3.05, 3.63) is 35.4 Å². The molecule has 0 saturated heterocycles. The van der Waals surface area contributed by atoms with Gasteiger partial charge in [-0.05, 0) is 54.1 Å². The molecule has 0 atom stereocenters. The molecule has 0 fully saturated rings. The highest BCUT2D eigenvalue weighted by Gasteiger charge is 2.02. The van der Waals surface area contributed by atoms with E-state index in [1.165, 1.54) is 0 Å². The molecule has 1 aromatic rings. The van der Waals surface area contributed by atoms with Crippen molar-refractivity contribution in [1.29, 1.82) is 0 Å². The molecule has 1 rings (SSSR count). The van der Waals surface area contributed by atoms with E-state index in [0.717, 1.165) is 50.1 Å². The van der Waals surface area contributed by atoms with Gasteiger partial charge in [0, 0.05) is 24.2 Å². The molecule has 0 aliphatic heterocycles. The molecule has 0 radical (unpaired) electrons. The van der Waals surface area contributed by atoms with Gasteiger partial charge in [0.1, 0.15) is 11.7 Å². The smallest absolute Gasteiger partial charge is 0.125 e. The highest BCUT2D eigenvalue weighted by molar-refractivity contribution is 6.00. The molecule has 0 bridgehead atoms. The standard InChI is InChI=1S/C18H32N6.CH4/c1-23(2)13-5-11-21-17(19)15-7-9-16(10-8-15)18(20)22-12-6-14-24(3)4;/h7-10H,5-6,11-14H2,1-4H3,(H2,19,21)(H2,20,22);1H4. The molecule has 6 nitrogen and oxygen atoms in total. The van der Waals surface area contributed by atoms with E-state index in [-0.39, 0.29) is 7.43 Å². The van der Waals surface area contributed by atoms with Crippen molar-refractivity contribution in [2.24, 2.45) is 21.5 Å². The number of benzene rings is 1. The summed E-state index contributed by atoms with van der Waals surface area (Å²) in [5.41, 5.74) is 13.9. The lowest BCUT2D eigenvalue weighted by Gasteiger charge is -2.08. The third-order valence-electron chi connectivity index (χ3n) is 3.57. The van der Waals surface area contributed by atoms with Crippen molar-refractivity contribution < 1.29 is 0 Å². The quantitative estimate of drug-likeness (QED) is 0.382. The van der Waals surface area contributed by atoms with E-state index in [9.17, 15) is 0 Å². The Kier molecular flexibility index (Phi) is 11.5. The van der Waals surface area contributed by atoms with E-state index in [1.54, 1.807) is 0 Å². The van der Waals surface area contributed by atoms with Crippen LogP contribution in [0.1, 0.15) is 31.4 Å². The molecule has 1 aromatic carbocycles. The summed E-state index contributed by atoms with van der Waals surface area (Å²) in [7, 11) is 8.22. The lowest BCUT2D eigenvalue weighted by atomic mass is 10.1. The van der Waals surface area contributed by atoms with Gasteiger partial charge in [-0.2, -0.15) is 0 Å². The number of aliphatic imine (C=N–C) groups is 2. The van der Waals surface area contributed by atoms with Crippen molar-refractivity contribution in [3.63, 3.8) is 0 Å². The van der Waals surface area contributed by atoms with Gasteiger partial charge in [-0.15, -0.1) is 0 Å². The molecule has 0 amide bonds. The van der Waals surface area contributed by atoms with Crippen LogP contribution in [-0.4, -0.2) is 75.8 Å².